The Hall–Kier alpha value is -1.70. The van der Waals surface area contributed by atoms with Gasteiger partial charge in [0.1, 0.15) is 11.5 Å². The lowest BCUT2D eigenvalue weighted by Crippen LogP contribution is -1.76. The first-order valence-electron chi connectivity index (χ1n) is 4.09. The van der Waals surface area contributed by atoms with Gasteiger partial charge in [0.25, 0.3) is 0 Å². The summed E-state index contributed by atoms with van der Waals surface area (Å²) in [7, 11) is 0. The Kier molecular flexibility index (Phi) is 1.62. The molecule has 13 heavy (non-hydrogen) atoms. The first-order chi connectivity index (χ1) is 6.16. The van der Waals surface area contributed by atoms with Crippen LogP contribution in [0, 0.1) is 6.92 Å². The molecule has 0 atom stereocenters. The molecule has 0 amide bonds. The zero-order valence-electron chi connectivity index (χ0n) is 7.28. The Morgan fingerprint density at radius 1 is 1.00 bits per heavy atom. The summed E-state index contributed by atoms with van der Waals surface area (Å²) in [5, 5.41) is 20.4. The Labute approximate surface area is 76.1 Å². The van der Waals surface area contributed by atoms with Crippen molar-refractivity contribution < 1.29 is 10.2 Å². The van der Waals surface area contributed by atoms with E-state index in [4.69, 9.17) is 0 Å². The molecule has 2 aromatic rings. The van der Waals surface area contributed by atoms with Gasteiger partial charge in [0.15, 0.2) is 0 Å². The Balaban J connectivity index is 2.87. The molecule has 0 saturated heterocycles. The molecule has 2 heteroatoms. The average Bonchev–Trinajstić information content (AvgIpc) is 2.06. The summed E-state index contributed by atoms with van der Waals surface area (Å²) >= 11 is 0. The second kappa shape index (κ2) is 2.66. The van der Waals surface area contributed by atoms with E-state index in [1.807, 2.05) is 25.1 Å². The van der Waals surface area contributed by atoms with Crippen molar-refractivity contribution in [2.45, 2.75) is 6.92 Å². The molecule has 0 aliphatic rings. The largest absolute Gasteiger partial charge is 0.508 e. The van der Waals surface area contributed by atoms with Crippen LogP contribution in [0.3, 0.4) is 0 Å². The second-order valence-electron chi connectivity index (χ2n) is 3.19. The van der Waals surface area contributed by atoms with Crippen molar-refractivity contribution in [3.8, 4) is 11.5 Å². The lowest BCUT2D eigenvalue weighted by atomic mass is 10.1. The molecule has 0 fully saturated rings. The fraction of sp³-hybridized carbons (Fsp3) is 0.0909. The number of fused-ring (bicyclic) bond motifs is 1. The highest BCUT2D eigenvalue weighted by molar-refractivity contribution is 5.89. The van der Waals surface area contributed by atoms with E-state index in [1.165, 1.54) is 6.07 Å². The molecule has 66 valence electrons. The Morgan fingerprint density at radius 2 is 1.77 bits per heavy atom. The number of benzene rings is 2. The van der Waals surface area contributed by atoms with E-state index < -0.39 is 0 Å². The van der Waals surface area contributed by atoms with Crippen LogP contribution in [0.1, 0.15) is 5.56 Å². The molecule has 0 saturated carbocycles. The predicted molar refractivity (Wildman–Crippen MR) is 52.0 cm³/mol. The topological polar surface area (TPSA) is 40.5 Å². The van der Waals surface area contributed by atoms with E-state index in [0.717, 1.165) is 16.3 Å². The smallest absolute Gasteiger partial charge is 0.127 e. The molecule has 2 aromatic carbocycles. The maximum atomic E-state index is 9.52. The highest BCUT2D eigenvalue weighted by Crippen LogP contribution is 2.29. The first-order valence-corrected chi connectivity index (χ1v) is 4.09. The van der Waals surface area contributed by atoms with Crippen molar-refractivity contribution in [3.05, 3.63) is 35.9 Å². The quantitative estimate of drug-likeness (QED) is 0.644. The maximum Gasteiger partial charge on any atom is 0.127 e. The molecule has 2 nitrogen and oxygen atoms in total. The molecule has 0 spiro atoms. The van der Waals surface area contributed by atoms with E-state index in [2.05, 4.69) is 0 Å². The van der Waals surface area contributed by atoms with Crippen LogP contribution >= 0.6 is 0 Å². The molecule has 2 N–H and O–H groups in total. The number of phenolic OH excluding ortho intramolecular Hbond substituents is 2. The summed E-state index contributed by atoms with van der Waals surface area (Å²) < 4.78 is 0. The molecule has 2 rings (SSSR count). The summed E-state index contributed by atoms with van der Waals surface area (Å²) in [6.45, 7) is 1.96. The van der Waals surface area contributed by atoms with E-state index in [-0.39, 0.29) is 11.5 Å². The fourth-order valence-corrected chi connectivity index (χ4v) is 1.44. The highest BCUT2D eigenvalue weighted by atomic mass is 16.3. The number of hydrogen-bond acceptors (Lipinski definition) is 2. The standard InChI is InChI=1S/C11H10O2/c1-7-2-3-8-5-9(12)6-11(13)10(8)4-7/h2-6,12-13H,1H3. The van der Waals surface area contributed by atoms with Gasteiger partial charge in [0.2, 0.25) is 0 Å². The monoisotopic (exact) mass is 174 g/mol. The minimum absolute atomic E-state index is 0.0915. The van der Waals surface area contributed by atoms with Crippen LogP contribution in [0.2, 0.25) is 0 Å². The molecule has 0 unspecified atom stereocenters. The molecule has 0 aromatic heterocycles. The van der Waals surface area contributed by atoms with Crippen molar-refractivity contribution in [1.29, 1.82) is 0 Å². The summed E-state index contributed by atoms with van der Waals surface area (Å²) in [5.74, 6) is 0.215. The summed E-state index contributed by atoms with van der Waals surface area (Å²) in [6.07, 6.45) is 0. The molecular formula is C11H10O2. The van der Waals surface area contributed by atoms with Gasteiger partial charge in [0, 0.05) is 11.5 Å². The van der Waals surface area contributed by atoms with Crippen LogP contribution in [0.15, 0.2) is 30.3 Å². The van der Waals surface area contributed by atoms with E-state index in [0.29, 0.717) is 0 Å². The van der Waals surface area contributed by atoms with Crippen LogP contribution < -0.4 is 0 Å². The molecule has 0 aliphatic heterocycles. The first kappa shape index (κ1) is 7.92. The zero-order valence-corrected chi connectivity index (χ0v) is 7.28. The Morgan fingerprint density at radius 3 is 2.54 bits per heavy atom. The van der Waals surface area contributed by atoms with Crippen molar-refractivity contribution >= 4 is 10.8 Å². The maximum absolute atomic E-state index is 9.52. The third-order valence-electron chi connectivity index (χ3n) is 2.07. The molecule has 0 aliphatic carbocycles. The van der Waals surface area contributed by atoms with Gasteiger partial charge in [-0.3, -0.25) is 0 Å². The van der Waals surface area contributed by atoms with E-state index >= 15 is 0 Å². The predicted octanol–water partition coefficient (Wildman–Crippen LogP) is 2.56. The van der Waals surface area contributed by atoms with Gasteiger partial charge in [0.05, 0.1) is 0 Å². The van der Waals surface area contributed by atoms with Crippen LogP contribution in [0.25, 0.3) is 10.8 Å². The van der Waals surface area contributed by atoms with Gasteiger partial charge in [-0.15, -0.1) is 0 Å². The Bertz CT molecular complexity index is 461. The van der Waals surface area contributed by atoms with E-state index in [9.17, 15) is 10.2 Å². The van der Waals surface area contributed by atoms with Gasteiger partial charge < -0.3 is 10.2 Å². The number of hydrogen-bond donors (Lipinski definition) is 2. The second-order valence-corrected chi connectivity index (χ2v) is 3.19. The average molecular weight is 174 g/mol. The number of rotatable bonds is 0. The molecular weight excluding hydrogens is 164 g/mol. The minimum Gasteiger partial charge on any atom is -0.508 e. The molecule has 0 heterocycles. The van der Waals surface area contributed by atoms with Crippen molar-refractivity contribution in [2.75, 3.05) is 0 Å². The third kappa shape index (κ3) is 1.31. The van der Waals surface area contributed by atoms with Gasteiger partial charge in [-0.2, -0.15) is 0 Å². The van der Waals surface area contributed by atoms with Crippen molar-refractivity contribution in [2.24, 2.45) is 0 Å². The van der Waals surface area contributed by atoms with Crippen molar-refractivity contribution in [3.63, 3.8) is 0 Å². The lowest BCUT2D eigenvalue weighted by Gasteiger charge is -2.02. The molecule has 0 radical (unpaired) electrons. The van der Waals surface area contributed by atoms with Gasteiger partial charge in [-0.05, 0) is 24.4 Å². The van der Waals surface area contributed by atoms with Crippen LogP contribution in [-0.4, -0.2) is 10.2 Å². The SMILES string of the molecule is Cc1ccc2cc(O)cc(O)c2c1. The van der Waals surface area contributed by atoms with Gasteiger partial charge in [-0.1, -0.05) is 17.7 Å². The lowest BCUT2D eigenvalue weighted by molar-refractivity contribution is 0.455. The summed E-state index contributed by atoms with van der Waals surface area (Å²) in [6, 6.07) is 8.70. The summed E-state index contributed by atoms with van der Waals surface area (Å²) in [5.41, 5.74) is 1.09. The minimum atomic E-state index is 0.0915. The zero-order chi connectivity index (χ0) is 9.42. The molecule has 0 bridgehead atoms. The van der Waals surface area contributed by atoms with Gasteiger partial charge >= 0.3 is 0 Å². The van der Waals surface area contributed by atoms with Crippen molar-refractivity contribution in [1.82, 2.24) is 0 Å². The number of phenols is 2. The summed E-state index contributed by atoms with van der Waals surface area (Å²) in [4.78, 5) is 0. The third-order valence-corrected chi connectivity index (χ3v) is 2.07. The fourth-order valence-electron chi connectivity index (χ4n) is 1.44. The van der Waals surface area contributed by atoms with Gasteiger partial charge in [-0.25, -0.2) is 0 Å². The normalized spacial score (nSPS) is 10.5. The van der Waals surface area contributed by atoms with Crippen LogP contribution in [0.4, 0.5) is 0 Å². The highest BCUT2D eigenvalue weighted by Gasteiger charge is 2.01. The van der Waals surface area contributed by atoms with E-state index in [1.54, 1.807) is 6.07 Å². The van der Waals surface area contributed by atoms with Crippen LogP contribution in [0.5, 0.6) is 11.5 Å². The number of aromatic hydroxyl groups is 2. The number of aryl methyl sites for hydroxylation is 1. The van der Waals surface area contributed by atoms with Crippen LogP contribution in [-0.2, 0) is 0 Å².